The standard InChI is InChI=1S/C26H20ClNO2/c1-14-11-12-15(27)13-20(14)28-24(29)22-21-16-7-3-5-9-18(16)26(2,23(22)25(28)30)19-10-6-4-8-17(19)21/h3-13,21-23H,1-2H3/t21?,22-,23+,26?/m1/s1. The first-order valence-electron chi connectivity index (χ1n) is 10.3. The van der Waals surface area contributed by atoms with Gasteiger partial charge in [0.25, 0.3) is 0 Å². The lowest BCUT2D eigenvalue weighted by Crippen LogP contribution is -2.51. The number of hydrogen-bond acceptors (Lipinski definition) is 2. The van der Waals surface area contributed by atoms with Gasteiger partial charge in [0.05, 0.1) is 17.5 Å². The Bertz CT molecular complexity index is 1220. The highest BCUT2D eigenvalue weighted by Crippen LogP contribution is 2.64. The molecule has 3 aromatic carbocycles. The van der Waals surface area contributed by atoms with Crippen LogP contribution in [0.25, 0.3) is 0 Å². The molecule has 30 heavy (non-hydrogen) atoms. The molecular weight excluding hydrogens is 394 g/mol. The second kappa shape index (κ2) is 5.83. The van der Waals surface area contributed by atoms with Crippen molar-refractivity contribution < 1.29 is 9.59 Å². The molecule has 0 spiro atoms. The second-order valence-electron chi connectivity index (χ2n) is 8.80. The lowest BCUT2D eigenvalue weighted by atomic mass is 9.48. The van der Waals surface area contributed by atoms with E-state index < -0.39 is 17.3 Å². The predicted molar refractivity (Wildman–Crippen MR) is 117 cm³/mol. The van der Waals surface area contributed by atoms with Crippen LogP contribution in [0.3, 0.4) is 0 Å². The Labute approximate surface area is 180 Å². The quantitative estimate of drug-likeness (QED) is 0.513. The SMILES string of the molecule is Cc1ccc(Cl)cc1N1C(=O)[C@@H]2C3c4ccccc4C(C)(c4ccccc43)[C@@H]2C1=O. The van der Waals surface area contributed by atoms with E-state index in [1.165, 1.54) is 27.2 Å². The lowest BCUT2D eigenvalue weighted by Gasteiger charge is -2.52. The van der Waals surface area contributed by atoms with Gasteiger partial charge in [0, 0.05) is 16.4 Å². The Morgan fingerprint density at radius 1 is 0.867 bits per heavy atom. The molecule has 0 N–H and O–H groups in total. The number of benzene rings is 3. The number of amides is 2. The predicted octanol–water partition coefficient (Wildman–Crippen LogP) is 5.22. The highest BCUT2D eigenvalue weighted by Gasteiger charge is 2.66. The van der Waals surface area contributed by atoms with Gasteiger partial charge in [0.2, 0.25) is 11.8 Å². The van der Waals surface area contributed by atoms with E-state index >= 15 is 0 Å². The zero-order valence-electron chi connectivity index (χ0n) is 16.7. The molecule has 1 heterocycles. The van der Waals surface area contributed by atoms with Crippen molar-refractivity contribution in [2.24, 2.45) is 11.8 Å². The van der Waals surface area contributed by atoms with Crippen LogP contribution in [-0.4, -0.2) is 11.8 Å². The molecule has 1 saturated heterocycles. The topological polar surface area (TPSA) is 37.4 Å². The molecule has 3 aliphatic carbocycles. The van der Waals surface area contributed by atoms with E-state index in [4.69, 9.17) is 11.6 Å². The first-order valence-corrected chi connectivity index (χ1v) is 10.6. The largest absolute Gasteiger partial charge is 0.274 e. The van der Waals surface area contributed by atoms with Crippen LogP contribution in [0.15, 0.2) is 66.7 Å². The molecule has 0 radical (unpaired) electrons. The fourth-order valence-corrected chi connectivity index (χ4v) is 6.38. The maximum Gasteiger partial charge on any atom is 0.238 e. The minimum atomic E-state index is -0.541. The number of aryl methyl sites for hydroxylation is 1. The minimum absolute atomic E-state index is 0.106. The van der Waals surface area contributed by atoms with Crippen LogP contribution in [0.5, 0.6) is 0 Å². The number of anilines is 1. The highest BCUT2D eigenvalue weighted by atomic mass is 35.5. The summed E-state index contributed by atoms with van der Waals surface area (Å²) in [6.45, 7) is 4.05. The monoisotopic (exact) mass is 413 g/mol. The van der Waals surface area contributed by atoms with Crippen molar-refractivity contribution in [3.8, 4) is 0 Å². The summed E-state index contributed by atoms with van der Waals surface area (Å²) in [7, 11) is 0. The van der Waals surface area contributed by atoms with Gasteiger partial charge in [0.1, 0.15) is 0 Å². The van der Waals surface area contributed by atoms with E-state index in [9.17, 15) is 9.59 Å². The molecule has 0 unspecified atom stereocenters. The lowest BCUT2D eigenvalue weighted by molar-refractivity contribution is -0.123. The normalized spacial score (nSPS) is 28.4. The third-order valence-electron chi connectivity index (χ3n) is 7.46. The van der Waals surface area contributed by atoms with E-state index in [1.807, 2.05) is 37.3 Å². The maximum atomic E-state index is 13.9. The molecule has 3 aromatic rings. The van der Waals surface area contributed by atoms with Gasteiger partial charge in [-0.25, -0.2) is 4.90 Å². The summed E-state index contributed by atoms with van der Waals surface area (Å²) in [6.07, 6.45) is 0. The molecule has 1 fully saturated rings. The Morgan fingerprint density at radius 2 is 1.47 bits per heavy atom. The Balaban J connectivity index is 1.63. The minimum Gasteiger partial charge on any atom is -0.274 e. The van der Waals surface area contributed by atoms with Crippen molar-refractivity contribution in [3.05, 3.63) is 99.6 Å². The second-order valence-corrected chi connectivity index (χ2v) is 9.24. The van der Waals surface area contributed by atoms with Crippen LogP contribution in [-0.2, 0) is 15.0 Å². The van der Waals surface area contributed by atoms with Gasteiger partial charge in [-0.3, -0.25) is 9.59 Å². The molecule has 3 nitrogen and oxygen atoms in total. The van der Waals surface area contributed by atoms with Crippen LogP contribution in [0.4, 0.5) is 5.69 Å². The molecule has 1 aliphatic heterocycles. The fraction of sp³-hybridized carbons (Fsp3) is 0.231. The number of carbonyl (C=O) groups excluding carboxylic acids is 2. The van der Waals surface area contributed by atoms with Gasteiger partial charge in [-0.15, -0.1) is 0 Å². The molecule has 4 aliphatic rings. The Kier molecular flexibility index (Phi) is 3.48. The van der Waals surface area contributed by atoms with Gasteiger partial charge in [-0.1, -0.05) is 73.1 Å². The summed E-state index contributed by atoms with van der Waals surface area (Å²) in [5.74, 6) is -1.16. The van der Waals surface area contributed by atoms with Crippen LogP contribution in [0.2, 0.25) is 5.02 Å². The summed E-state index contributed by atoms with van der Waals surface area (Å²) >= 11 is 6.24. The van der Waals surface area contributed by atoms with Crippen molar-refractivity contribution >= 4 is 29.1 Å². The molecule has 7 rings (SSSR count). The van der Waals surface area contributed by atoms with Crippen molar-refractivity contribution in [1.29, 1.82) is 0 Å². The zero-order valence-corrected chi connectivity index (χ0v) is 17.5. The zero-order chi connectivity index (χ0) is 20.8. The van der Waals surface area contributed by atoms with E-state index in [2.05, 4.69) is 31.2 Å². The Morgan fingerprint density at radius 3 is 2.10 bits per heavy atom. The number of halogens is 1. The van der Waals surface area contributed by atoms with E-state index in [0.717, 1.165) is 5.56 Å². The number of carbonyl (C=O) groups is 2. The molecule has 2 amide bonds. The van der Waals surface area contributed by atoms with Crippen LogP contribution in [0.1, 0.15) is 40.7 Å². The number of rotatable bonds is 1. The summed E-state index contributed by atoms with van der Waals surface area (Å²) in [6, 6.07) is 22.0. The highest BCUT2D eigenvalue weighted by molar-refractivity contribution is 6.31. The fourth-order valence-electron chi connectivity index (χ4n) is 6.21. The van der Waals surface area contributed by atoms with Crippen LogP contribution >= 0.6 is 11.6 Å². The average molecular weight is 414 g/mol. The van der Waals surface area contributed by atoms with Gasteiger partial charge in [-0.2, -0.15) is 0 Å². The molecule has 0 aromatic heterocycles. The summed E-state index contributed by atoms with van der Waals surface area (Å²) in [4.78, 5) is 29.1. The first-order chi connectivity index (χ1) is 14.4. The number of nitrogens with zero attached hydrogens (tertiary/aromatic N) is 1. The molecule has 0 saturated carbocycles. The van der Waals surface area contributed by atoms with Gasteiger partial charge >= 0.3 is 0 Å². The van der Waals surface area contributed by atoms with Crippen molar-refractivity contribution in [3.63, 3.8) is 0 Å². The van der Waals surface area contributed by atoms with Crippen LogP contribution in [0, 0.1) is 18.8 Å². The molecule has 4 heteroatoms. The molecule has 2 atom stereocenters. The summed E-state index contributed by atoms with van der Waals surface area (Å²) < 4.78 is 0. The van der Waals surface area contributed by atoms with Crippen LogP contribution < -0.4 is 4.90 Å². The van der Waals surface area contributed by atoms with E-state index in [1.54, 1.807) is 12.1 Å². The van der Waals surface area contributed by atoms with Gasteiger partial charge < -0.3 is 0 Å². The molecular formula is C26H20ClNO2. The summed E-state index contributed by atoms with van der Waals surface area (Å²) in [5.41, 5.74) is 5.61. The van der Waals surface area contributed by atoms with E-state index in [0.29, 0.717) is 10.7 Å². The maximum absolute atomic E-state index is 13.9. The van der Waals surface area contributed by atoms with Crippen molar-refractivity contribution in [2.75, 3.05) is 4.90 Å². The molecule has 2 bridgehead atoms. The van der Waals surface area contributed by atoms with E-state index in [-0.39, 0.29) is 17.7 Å². The van der Waals surface area contributed by atoms with Crippen molar-refractivity contribution in [1.82, 2.24) is 0 Å². The number of imide groups is 1. The Hall–Kier alpha value is -2.91. The third-order valence-corrected chi connectivity index (χ3v) is 7.69. The van der Waals surface area contributed by atoms with Gasteiger partial charge in [-0.05, 0) is 46.9 Å². The van der Waals surface area contributed by atoms with Crippen molar-refractivity contribution in [2.45, 2.75) is 25.2 Å². The smallest absolute Gasteiger partial charge is 0.238 e. The number of hydrogen-bond donors (Lipinski definition) is 0. The van der Waals surface area contributed by atoms with Gasteiger partial charge in [0.15, 0.2) is 0 Å². The molecule has 148 valence electrons. The summed E-state index contributed by atoms with van der Waals surface area (Å²) in [5, 5.41) is 0.520. The first kappa shape index (κ1) is 17.9. The third kappa shape index (κ3) is 1.96. The average Bonchev–Trinajstić information content (AvgIpc) is 3.02.